The molecule has 166 valence electrons. The number of hydrogen-bond acceptors (Lipinski definition) is 5. The molecule has 0 spiro atoms. The van der Waals surface area contributed by atoms with Gasteiger partial charge in [0, 0.05) is 22.6 Å². The highest BCUT2D eigenvalue weighted by molar-refractivity contribution is 7.16. The summed E-state index contributed by atoms with van der Waals surface area (Å²) >= 11 is 1.26. The van der Waals surface area contributed by atoms with E-state index in [4.69, 9.17) is 11.3 Å². The lowest BCUT2D eigenvalue weighted by molar-refractivity contribution is 0.102. The van der Waals surface area contributed by atoms with E-state index in [-0.39, 0.29) is 23.4 Å². The number of rotatable bonds is 6. The Balaban J connectivity index is 1.70. The standard InChI is InChI=1S/C24H18F2N4O2S/c1-27-11-15-6-8-17(18(9-15)19-10-20(22(25)26)28-13-21(19)32-2)23(31)30-24-29-12-16(33-24)7-5-14-3-4-14/h6,8-10,12-14,22H,3-4,11H2,2H3,(H,29,30,31). The van der Waals surface area contributed by atoms with Crippen LogP contribution in [0.3, 0.4) is 0 Å². The lowest BCUT2D eigenvalue weighted by atomic mass is 9.96. The van der Waals surface area contributed by atoms with E-state index >= 15 is 0 Å². The van der Waals surface area contributed by atoms with Gasteiger partial charge in [0.15, 0.2) is 5.13 Å². The third kappa shape index (κ3) is 5.33. The van der Waals surface area contributed by atoms with Crippen LogP contribution in [-0.4, -0.2) is 23.0 Å². The molecule has 1 fully saturated rings. The molecule has 0 radical (unpaired) electrons. The number of ether oxygens (including phenoxy) is 1. The summed E-state index contributed by atoms with van der Waals surface area (Å²) in [5, 5.41) is 3.13. The largest absolute Gasteiger partial charge is 0.494 e. The number of benzene rings is 1. The van der Waals surface area contributed by atoms with E-state index in [1.807, 2.05) is 0 Å². The summed E-state index contributed by atoms with van der Waals surface area (Å²) in [7, 11) is 1.39. The normalized spacial score (nSPS) is 12.6. The van der Waals surface area contributed by atoms with Crippen LogP contribution < -0.4 is 10.1 Å². The molecule has 0 bridgehead atoms. The zero-order valence-corrected chi connectivity index (χ0v) is 18.4. The second kappa shape index (κ2) is 9.76. The molecule has 2 aromatic heterocycles. The van der Waals surface area contributed by atoms with Crippen molar-refractivity contribution in [1.82, 2.24) is 9.97 Å². The first-order valence-corrected chi connectivity index (χ1v) is 10.9. The van der Waals surface area contributed by atoms with Gasteiger partial charge in [0.05, 0.1) is 24.4 Å². The van der Waals surface area contributed by atoms with E-state index in [9.17, 15) is 13.6 Å². The minimum atomic E-state index is -2.79. The van der Waals surface area contributed by atoms with Gasteiger partial charge in [0.25, 0.3) is 12.3 Å². The summed E-state index contributed by atoms with van der Waals surface area (Å²) < 4.78 is 32.0. The Morgan fingerprint density at radius 3 is 2.82 bits per heavy atom. The molecule has 0 saturated heterocycles. The van der Waals surface area contributed by atoms with Gasteiger partial charge in [-0.25, -0.2) is 20.3 Å². The minimum Gasteiger partial charge on any atom is -0.494 e. The van der Waals surface area contributed by atoms with Crippen molar-refractivity contribution < 1.29 is 18.3 Å². The lowest BCUT2D eigenvalue weighted by Gasteiger charge is -2.14. The highest BCUT2D eigenvalue weighted by Gasteiger charge is 2.21. The Labute approximate surface area is 193 Å². The average Bonchev–Trinajstić information content (AvgIpc) is 3.55. The summed E-state index contributed by atoms with van der Waals surface area (Å²) in [5.74, 6) is 6.44. The van der Waals surface area contributed by atoms with E-state index in [1.165, 1.54) is 30.7 Å². The molecule has 0 aliphatic heterocycles. The molecule has 1 aliphatic carbocycles. The number of amides is 1. The van der Waals surface area contributed by atoms with Crippen LogP contribution in [0.15, 0.2) is 36.7 Å². The molecule has 0 unspecified atom stereocenters. The van der Waals surface area contributed by atoms with Crippen LogP contribution >= 0.6 is 11.3 Å². The van der Waals surface area contributed by atoms with E-state index in [0.717, 1.165) is 17.7 Å². The number of thiazole rings is 1. The predicted octanol–water partition coefficient (Wildman–Crippen LogP) is 5.58. The molecule has 33 heavy (non-hydrogen) atoms. The van der Waals surface area contributed by atoms with Gasteiger partial charge >= 0.3 is 0 Å². The number of alkyl halides is 2. The van der Waals surface area contributed by atoms with Gasteiger partial charge in [0.1, 0.15) is 11.4 Å². The summed E-state index contributed by atoms with van der Waals surface area (Å²) in [4.78, 5) is 25.2. The van der Waals surface area contributed by atoms with Crippen molar-refractivity contribution in [3.05, 3.63) is 69.8 Å². The molecular weight excluding hydrogens is 446 g/mol. The third-order valence-corrected chi connectivity index (χ3v) is 5.74. The zero-order valence-electron chi connectivity index (χ0n) is 17.6. The second-order valence-corrected chi connectivity index (χ2v) is 8.36. The smallest absolute Gasteiger partial charge is 0.280 e. The zero-order chi connectivity index (χ0) is 23.4. The van der Waals surface area contributed by atoms with Gasteiger partial charge < -0.3 is 9.58 Å². The highest BCUT2D eigenvalue weighted by atomic mass is 32.1. The van der Waals surface area contributed by atoms with Gasteiger partial charge in [-0.3, -0.25) is 15.1 Å². The fourth-order valence-electron chi connectivity index (χ4n) is 3.11. The van der Waals surface area contributed by atoms with Crippen LogP contribution in [0.4, 0.5) is 13.9 Å². The van der Waals surface area contributed by atoms with E-state index in [0.29, 0.717) is 22.2 Å². The third-order valence-electron chi connectivity index (χ3n) is 4.92. The molecule has 3 aromatic rings. The number of nitrogens with one attached hydrogen (secondary N) is 1. The van der Waals surface area contributed by atoms with E-state index in [1.54, 1.807) is 24.4 Å². The maximum absolute atomic E-state index is 13.3. The van der Waals surface area contributed by atoms with Crippen LogP contribution in [0.1, 0.15) is 45.8 Å². The van der Waals surface area contributed by atoms with Crippen molar-refractivity contribution in [2.75, 3.05) is 12.4 Å². The molecule has 1 saturated carbocycles. The Morgan fingerprint density at radius 2 is 2.12 bits per heavy atom. The van der Waals surface area contributed by atoms with Gasteiger partial charge in [-0.2, -0.15) is 0 Å². The number of carbonyl (C=O) groups excluding carboxylic acids is 1. The Bertz CT molecular complexity index is 1300. The van der Waals surface area contributed by atoms with Crippen molar-refractivity contribution in [2.45, 2.75) is 25.8 Å². The summed E-state index contributed by atoms with van der Waals surface area (Å²) in [5.41, 5.74) is 1.08. The van der Waals surface area contributed by atoms with Crippen molar-refractivity contribution in [2.24, 2.45) is 5.92 Å². The molecule has 0 atom stereocenters. The van der Waals surface area contributed by atoms with Crippen LogP contribution in [0.5, 0.6) is 5.75 Å². The van der Waals surface area contributed by atoms with Gasteiger partial charge in [-0.15, -0.1) is 0 Å². The molecule has 1 N–H and O–H groups in total. The van der Waals surface area contributed by atoms with Crippen LogP contribution in [0.25, 0.3) is 16.0 Å². The predicted molar refractivity (Wildman–Crippen MR) is 121 cm³/mol. The summed E-state index contributed by atoms with van der Waals surface area (Å²) in [6, 6.07) is 6.06. The molecule has 1 aliphatic rings. The monoisotopic (exact) mass is 464 g/mol. The van der Waals surface area contributed by atoms with Gasteiger partial charge in [-0.1, -0.05) is 29.2 Å². The molecule has 4 rings (SSSR count). The molecule has 9 heteroatoms. The molecule has 1 amide bonds. The first-order valence-electron chi connectivity index (χ1n) is 10.1. The van der Waals surface area contributed by atoms with Crippen molar-refractivity contribution in [1.29, 1.82) is 0 Å². The first kappa shape index (κ1) is 22.4. The quantitative estimate of drug-likeness (QED) is 0.382. The number of nitrogens with zero attached hydrogens (tertiary/aromatic N) is 3. The Hall–Kier alpha value is -3.82. The number of anilines is 1. The Kier molecular flexibility index (Phi) is 6.62. The van der Waals surface area contributed by atoms with Crippen LogP contribution in [-0.2, 0) is 6.54 Å². The number of carbonyl (C=O) groups is 1. The molecule has 6 nitrogen and oxygen atoms in total. The second-order valence-electron chi connectivity index (χ2n) is 7.33. The highest BCUT2D eigenvalue weighted by Crippen LogP contribution is 2.36. The molecular formula is C24H18F2N4O2S. The number of hydrogen-bond donors (Lipinski definition) is 1. The molecule has 2 heterocycles. The summed E-state index contributed by atoms with van der Waals surface area (Å²) in [6.07, 6.45) is 2.26. The van der Waals surface area contributed by atoms with Crippen molar-refractivity contribution >= 4 is 22.4 Å². The maximum atomic E-state index is 13.3. The van der Waals surface area contributed by atoms with Gasteiger partial charge in [0.2, 0.25) is 6.54 Å². The van der Waals surface area contributed by atoms with E-state index < -0.39 is 18.0 Å². The topological polar surface area (TPSA) is 68.5 Å². The summed E-state index contributed by atoms with van der Waals surface area (Å²) in [6.45, 7) is 7.21. The van der Waals surface area contributed by atoms with Crippen molar-refractivity contribution in [3.63, 3.8) is 0 Å². The van der Waals surface area contributed by atoms with Crippen molar-refractivity contribution in [3.8, 4) is 28.7 Å². The number of methoxy groups -OCH3 is 1. The number of aromatic nitrogens is 2. The number of pyridine rings is 1. The van der Waals surface area contributed by atoms with Crippen LogP contribution in [0, 0.1) is 24.3 Å². The Morgan fingerprint density at radius 1 is 1.30 bits per heavy atom. The number of halogens is 2. The van der Waals surface area contributed by atoms with Crippen LogP contribution in [0.2, 0.25) is 0 Å². The SMILES string of the molecule is [C-]#[N+]Cc1ccc(C(=O)Nc2ncc(C#CC3CC3)s2)c(-c2cc(C(F)F)ncc2OC)c1. The maximum Gasteiger partial charge on any atom is 0.280 e. The minimum absolute atomic E-state index is 0.0828. The fourth-order valence-corrected chi connectivity index (χ4v) is 3.78. The fraction of sp³-hybridized carbons (Fsp3) is 0.250. The van der Waals surface area contributed by atoms with Gasteiger partial charge in [-0.05, 0) is 36.6 Å². The lowest BCUT2D eigenvalue weighted by Crippen LogP contribution is -2.13. The van der Waals surface area contributed by atoms with E-state index in [2.05, 4.69) is 32.0 Å². The average molecular weight is 464 g/mol. The molecule has 1 aromatic carbocycles. The first-order chi connectivity index (χ1) is 16.0.